The van der Waals surface area contributed by atoms with E-state index in [1.54, 1.807) is 18.2 Å². The van der Waals surface area contributed by atoms with Crippen LogP contribution in [0.1, 0.15) is 6.92 Å². The van der Waals surface area contributed by atoms with E-state index < -0.39 is 5.60 Å². The van der Waals surface area contributed by atoms with Crippen LogP contribution in [0.4, 0.5) is 0 Å². The van der Waals surface area contributed by atoms with Crippen LogP contribution in [0.2, 0.25) is 0 Å². The molecule has 13 heavy (non-hydrogen) atoms. The predicted octanol–water partition coefficient (Wildman–Crippen LogP) is 0.653. The number of aliphatic hydroxyl groups is 1. The van der Waals surface area contributed by atoms with Crippen molar-refractivity contribution >= 4 is 5.97 Å². The molecule has 3 heteroatoms. The highest BCUT2D eigenvalue weighted by Crippen LogP contribution is 2.54. The van der Waals surface area contributed by atoms with Gasteiger partial charge < -0.3 is 9.84 Å². The van der Waals surface area contributed by atoms with Crippen molar-refractivity contribution in [3.63, 3.8) is 0 Å². The van der Waals surface area contributed by atoms with Crippen LogP contribution in [0, 0.1) is 11.8 Å². The quantitative estimate of drug-likeness (QED) is 0.603. The van der Waals surface area contributed by atoms with E-state index in [0.717, 1.165) is 0 Å². The maximum absolute atomic E-state index is 11.1. The number of esters is 1. The number of fused-ring (bicyclic) bond motifs is 1. The van der Waals surface area contributed by atoms with Crippen molar-refractivity contribution in [1.82, 2.24) is 0 Å². The number of carbonyl (C=O) groups excluding carboxylic acids is 1. The highest BCUT2D eigenvalue weighted by atomic mass is 16.5. The van der Waals surface area contributed by atoms with Gasteiger partial charge in [-0.25, -0.2) is 4.79 Å². The van der Waals surface area contributed by atoms with Crippen LogP contribution in [-0.4, -0.2) is 23.8 Å². The zero-order chi connectivity index (χ0) is 9.64. The van der Waals surface area contributed by atoms with Gasteiger partial charge in [-0.15, -0.1) is 0 Å². The van der Waals surface area contributed by atoms with Crippen molar-refractivity contribution in [3.05, 3.63) is 23.8 Å². The van der Waals surface area contributed by atoms with Crippen LogP contribution in [0.5, 0.6) is 0 Å². The molecule has 0 saturated heterocycles. The van der Waals surface area contributed by atoms with Gasteiger partial charge in [0, 0.05) is 5.92 Å². The molecule has 2 aliphatic carbocycles. The van der Waals surface area contributed by atoms with Crippen molar-refractivity contribution < 1.29 is 14.6 Å². The minimum Gasteiger partial charge on any atom is -0.465 e. The van der Waals surface area contributed by atoms with Crippen molar-refractivity contribution in [3.8, 4) is 0 Å². The van der Waals surface area contributed by atoms with Gasteiger partial charge in [-0.05, 0) is 12.0 Å². The van der Waals surface area contributed by atoms with Crippen LogP contribution < -0.4 is 0 Å². The summed E-state index contributed by atoms with van der Waals surface area (Å²) in [4.78, 5) is 11.1. The summed E-state index contributed by atoms with van der Waals surface area (Å²) in [5.41, 5.74) is -0.154. The van der Waals surface area contributed by atoms with Crippen LogP contribution in [0.15, 0.2) is 23.8 Å². The van der Waals surface area contributed by atoms with Crippen molar-refractivity contribution in [2.75, 3.05) is 7.11 Å². The summed E-state index contributed by atoms with van der Waals surface area (Å²) < 4.78 is 4.58. The summed E-state index contributed by atoms with van der Waals surface area (Å²) in [5.74, 6) is -0.0325. The zero-order valence-corrected chi connectivity index (χ0v) is 7.65. The Morgan fingerprint density at radius 2 is 2.38 bits per heavy atom. The molecule has 0 heterocycles. The smallest absolute Gasteiger partial charge is 0.337 e. The number of carbonyl (C=O) groups is 1. The first-order chi connectivity index (χ1) is 6.09. The largest absolute Gasteiger partial charge is 0.465 e. The summed E-state index contributed by atoms with van der Waals surface area (Å²) in [7, 11) is 1.36. The van der Waals surface area contributed by atoms with Crippen molar-refractivity contribution in [2.45, 2.75) is 12.5 Å². The maximum Gasteiger partial charge on any atom is 0.337 e. The molecule has 0 aromatic carbocycles. The lowest BCUT2D eigenvalue weighted by atomic mass is 10.1. The first-order valence-corrected chi connectivity index (χ1v) is 4.31. The highest BCUT2D eigenvalue weighted by Gasteiger charge is 2.59. The lowest BCUT2D eigenvalue weighted by Crippen LogP contribution is -2.13. The first kappa shape index (κ1) is 8.51. The van der Waals surface area contributed by atoms with Gasteiger partial charge in [0.1, 0.15) is 0 Å². The van der Waals surface area contributed by atoms with Gasteiger partial charge in [-0.1, -0.05) is 19.1 Å². The second-order valence-electron chi connectivity index (χ2n) is 3.65. The standard InChI is InChI=1S/C10H12O3/c1-6-8-5-7(9(11)13-2)3-4-10(6,8)12/h3-6,8,12H,1-2H3. The highest BCUT2D eigenvalue weighted by molar-refractivity contribution is 5.92. The molecular formula is C10H12O3. The fourth-order valence-corrected chi connectivity index (χ4v) is 1.87. The molecule has 0 spiro atoms. The average molecular weight is 180 g/mol. The Hall–Kier alpha value is -1.09. The van der Waals surface area contributed by atoms with E-state index in [4.69, 9.17) is 0 Å². The van der Waals surface area contributed by atoms with Gasteiger partial charge in [-0.2, -0.15) is 0 Å². The lowest BCUT2D eigenvalue weighted by Gasteiger charge is -2.08. The van der Waals surface area contributed by atoms with Gasteiger partial charge in [0.05, 0.1) is 18.3 Å². The molecule has 1 N–H and O–H groups in total. The van der Waals surface area contributed by atoms with Crippen molar-refractivity contribution in [1.29, 1.82) is 0 Å². The van der Waals surface area contributed by atoms with Gasteiger partial charge >= 0.3 is 5.97 Å². The van der Waals surface area contributed by atoms with E-state index in [1.807, 2.05) is 6.92 Å². The zero-order valence-electron chi connectivity index (χ0n) is 7.65. The molecule has 3 nitrogen and oxygen atoms in total. The molecule has 1 fully saturated rings. The number of hydrogen-bond donors (Lipinski definition) is 1. The summed E-state index contributed by atoms with van der Waals surface area (Å²) in [6.07, 6.45) is 5.11. The molecule has 0 aromatic rings. The third kappa shape index (κ3) is 1.04. The van der Waals surface area contributed by atoms with Crippen LogP contribution in [0.25, 0.3) is 0 Å². The molecule has 2 rings (SSSR count). The molecule has 0 amide bonds. The van der Waals surface area contributed by atoms with Gasteiger partial charge in [0.25, 0.3) is 0 Å². The Morgan fingerprint density at radius 3 is 2.92 bits per heavy atom. The normalized spacial score (nSPS) is 40.7. The predicted molar refractivity (Wildman–Crippen MR) is 46.8 cm³/mol. The van der Waals surface area contributed by atoms with E-state index in [0.29, 0.717) is 5.57 Å². The number of hydrogen-bond acceptors (Lipinski definition) is 3. The van der Waals surface area contributed by atoms with Crippen LogP contribution in [0.3, 0.4) is 0 Å². The Bertz CT molecular complexity index is 316. The third-order valence-electron chi connectivity index (χ3n) is 3.00. The number of rotatable bonds is 1. The fraction of sp³-hybridized carbons (Fsp3) is 0.500. The van der Waals surface area contributed by atoms with Gasteiger partial charge in [0.15, 0.2) is 0 Å². The topological polar surface area (TPSA) is 46.5 Å². The fourth-order valence-electron chi connectivity index (χ4n) is 1.87. The van der Waals surface area contributed by atoms with E-state index in [2.05, 4.69) is 4.74 Å². The Labute approximate surface area is 76.7 Å². The Balaban J connectivity index is 2.21. The van der Waals surface area contributed by atoms with Crippen LogP contribution >= 0.6 is 0 Å². The minimum atomic E-state index is -0.697. The monoisotopic (exact) mass is 180 g/mol. The molecule has 3 unspecified atom stereocenters. The second-order valence-corrected chi connectivity index (χ2v) is 3.65. The van der Waals surface area contributed by atoms with Gasteiger partial charge in [-0.3, -0.25) is 0 Å². The minimum absolute atomic E-state index is 0.0894. The summed E-state index contributed by atoms with van der Waals surface area (Å²) in [6.45, 7) is 1.96. The SMILES string of the molecule is COC(=O)C1=CC2C(C)C2(O)C=C1. The maximum atomic E-state index is 11.1. The number of ether oxygens (including phenoxy) is 1. The lowest BCUT2D eigenvalue weighted by molar-refractivity contribution is -0.135. The molecule has 0 aromatic heterocycles. The van der Waals surface area contributed by atoms with Crippen molar-refractivity contribution in [2.24, 2.45) is 11.8 Å². The molecule has 2 aliphatic rings. The molecule has 3 atom stereocenters. The molecular weight excluding hydrogens is 168 g/mol. The third-order valence-corrected chi connectivity index (χ3v) is 3.00. The molecule has 0 aliphatic heterocycles. The van der Waals surface area contributed by atoms with E-state index >= 15 is 0 Å². The summed E-state index contributed by atoms with van der Waals surface area (Å²) in [5, 5.41) is 9.81. The molecule has 1 saturated carbocycles. The second kappa shape index (κ2) is 2.45. The Kier molecular flexibility index (Phi) is 1.60. The average Bonchev–Trinajstić information content (AvgIpc) is 2.68. The van der Waals surface area contributed by atoms with E-state index in [1.165, 1.54) is 7.11 Å². The summed E-state index contributed by atoms with van der Waals surface area (Å²) >= 11 is 0. The van der Waals surface area contributed by atoms with Gasteiger partial charge in [0.2, 0.25) is 0 Å². The molecule has 0 bridgehead atoms. The first-order valence-electron chi connectivity index (χ1n) is 4.31. The summed E-state index contributed by atoms with van der Waals surface area (Å²) in [6, 6.07) is 0. The van der Waals surface area contributed by atoms with E-state index in [-0.39, 0.29) is 17.8 Å². The Morgan fingerprint density at radius 1 is 1.69 bits per heavy atom. The van der Waals surface area contributed by atoms with Crippen LogP contribution in [-0.2, 0) is 9.53 Å². The van der Waals surface area contributed by atoms with E-state index in [9.17, 15) is 9.90 Å². The number of methoxy groups -OCH3 is 1. The molecule has 0 radical (unpaired) electrons. The molecule has 70 valence electrons.